The predicted octanol–water partition coefficient (Wildman–Crippen LogP) is 2.28. The number of hydrogen-bond donors (Lipinski definition) is 2. The molecule has 0 aliphatic carbocycles. The topological polar surface area (TPSA) is 62.2 Å². The molecule has 0 radical (unpaired) electrons. The molecule has 2 N–H and O–H groups in total. The van der Waals surface area contributed by atoms with Crippen LogP contribution >= 0.6 is 22.6 Å². The minimum atomic E-state index is -0.722. The van der Waals surface area contributed by atoms with Gasteiger partial charge < -0.3 is 10.4 Å². The Bertz CT molecular complexity index is 354. The number of nitrogens with one attached hydrogen (secondary N) is 1. The standard InChI is InChI=1S/C12H17IN2O2/c1-2-3-10(12(16)17)8-14-6-9-4-5-11(13)15-7-9/h4-5,7,10,14H,2-3,6,8H2,1H3,(H,16,17). The van der Waals surface area contributed by atoms with E-state index in [0.717, 1.165) is 15.7 Å². The van der Waals surface area contributed by atoms with Gasteiger partial charge >= 0.3 is 5.97 Å². The lowest BCUT2D eigenvalue weighted by Gasteiger charge is -2.12. The third-order valence-corrected chi connectivity index (χ3v) is 3.13. The predicted molar refractivity (Wildman–Crippen MR) is 74.7 cm³/mol. The average Bonchev–Trinajstić information content (AvgIpc) is 2.30. The van der Waals surface area contributed by atoms with Crippen molar-refractivity contribution in [3.05, 3.63) is 27.6 Å². The van der Waals surface area contributed by atoms with Crippen LogP contribution in [-0.4, -0.2) is 22.6 Å². The number of rotatable bonds is 7. The van der Waals surface area contributed by atoms with Gasteiger partial charge in [0.15, 0.2) is 0 Å². The monoisotopic (exact) mass is 348 g/mol. The first kappa shape index (κ1) is 14.4. The highest BCUT2D eigenvalue weighted by Crippen LogP contribution is 2.06. The van der Waals surface area contributed by atoms with Gasteiger partial charge in [-0.1, -0.05) is 19.4 Å². The third kappa shape index (κ3) is 5.45. The molecule has 1 atom stereocenters. The molecule has 0 aromatic carbocycles. The Hall–Kier alpha value is -0.690. The summed E-state index contributed by atoms with van der Waals surface area (Å²) < 4.78 is 0.959. The first-order valence-corrected chi connectivity index (χ1v) is 6.75. The van der Waals surface area contributed by atoms with Gasteiger partial charge in [-0.25, -0.2) is 0 Å². The molecule has 0 aliphatic heterocycles. The van der Waals surface area contributed by atoms with Gasteiger partial charge in [0.1, 0.15) is 3.70 Å². The molecule has 0 spiro atoms. The molecule has 0 saturated heterocycles. The van der Waals surface area contributed by atoms with Crippen LogP contribution in [0.1, 0.15) is 25.3 Å². The summed E-state index contributed by atoms with van der Waals surface area (Å²) in [6.45, 7) is 3.17. The van der Waals surface area contributed by atoms with E-state index in [1.807, 2.05) is 25.3 Å². The molecule has 1 heterocycles. The van der Waals surface area contributed by atoms with E-state index < -0.39 is 5.97 Å². The molecule has 0 aliphatic rings. The van der Waals surface area contributed by atoms with Crippen LogP contribution in [0.2, 0.25) is 0 Å². The van der Waals surface area contributed by atoms with E-state index in [9.17, 15) is 4.79 Å². The van der Waals surface area contributed by atoms with Crippen LogP contribution < -0.4 is 5.32 Å². The summed E-state index contributed by atoms with van der Waals surface area (Å²) in [6.07, 6.45) is 3.42. The second-order valence-electron chi connectivity index (χ2n) is 3.94. The lowest BCUT2D eigenvalue weighted by molar-refractivity contribution is -0.141. The van der Waals surface area contributed by atoms with Crippen molar-refractivity contribution >= 4 is 28.6 Å². The number of carbonyl (C=O) groups is 1. The lowest BCUT2D eigenvalue weighted by atomic mass is 10.0. The Morgan fingerprint density at radius 2 is 2.35 bits per heavy atom. The van der Waals surface area contributed by atoms with Crippen LogP contribution in [0.15, 0.2) is 18.3 Å². The number of pyridine rings is 1. The average molecular weight is 348 g/mol. The number of nitrogens with zero attached hydrogens (tertiary/aromatic N) is 1. The molecule has 1 rings (SSSR count). The minimum Gasteiger partial charge on any atom is -0.481 e. The van der Waals surface area contributed by atoms with Gasteiger partial charge in [-0.2, -0.15) is 0 Å². The zero-order valence-corrected chi connectivity index (χ0v) is 12.0. The normalized spacial score (nSPS) is 12.4. The molecular weight excluding hydrogens is 331 g/mol. The first-order valence-electron chi connectivity index (χ1n) is 5.67. The summed E-state index contributed by atoms with van der Waals surface area (Å²) >= 11 is 2.16. The van der Waals surface area contributed by atoms with Crippen molar-refractivity contribution in [2.45, 2.75) is 26.3 Å². The van der Waals surface area contributed by atoms with Crippen LogP contribution in [0.4, 0.5) is 0 Å². The Labute approximate surface area is 115 Å². The second kappa shape index (κ2) is 7.60. The number of hydrogen-bond acceptors (Lipinski definition) is 3. The molecule has 0 saturated carbocycles. The van der Waals surface area contributed by atoms with Gasteiger partial charge in [0.25, 0.3) is 0 Å². The van der Waals surface area contributed by atoms with Crippen molar-refractivity contribution < 1.29 is 9.90 Å². The quantitative estimate of drug-likeness (QED) is 0.586. The maximum Gasteiger partial charge on any atom is 0.307 e. The maximum absolute atomic E-state index is 10.9. The third-order valence-electron chi connectivity index (χ3n) is 2.49. The van der Waals surface area contributed by atoms with Crippen molar-refractivity contribution in [3.8, 4) is 0 Å². The van der Waals surface area contributed by atoms with Crippen LogP contribution in [0, 0.1) is 9.62 Å². The molecule has 4 nitrogen and oxygen atoms in total. The molecule has 0 fully saturated rings. The highest BCUT2D eigenvalue weighted by molar-refractivity contribution is 14.1. The van der Waals surface area contributed by atoms with E-state index in [-0.39, 0.29) is 5.92 Å². The number of halogens is 1. The number of aliphatic carboxylic acids is 1. The maximum atomic E-state index is 10.9. The van der Waals surface area contributed by atoms with Crippen molar-refractivity contribution in [2.75, 3.05) is 6.54 Å². The van der Waals surface area contributed by atoms with Crippen LogP contribution in [-0.2, 0) is 11.3 Å². The summed E-state index contributed by atoms with van der Waals surface area (Å²) in [5, 5.41) is 12.1. The van der Waals surface area contributed by atoms with E-state index in [1.54, 1.807) is 0 Å². The van der Waals surface area contributed by atoms with Crippen molar-refractivity contribution in [1.29, 1.82) is 0 Å². The second-order valence-corrected chi connectivity index (χ2v) is 5.05. The molecule has 94 valence electrons. The van der Waals surface area contributed by atoms with E-state index in [2.05, 4.69) is 32.9 Å². The fraction of sp³-hybridized carbons (Fsp3) is 0.500. The molecule has 0 bridgehead atoms. The van der Waals surface area contributed by atoms with E-state index in [4.69, 9.17) is 5.11 Å². The van der Waals surface area contributed by atoms with Crippen LogP contribution in [0.5, 0.6) is 0 Å². The Morgan fingerprint density at radius 3 is 2.88 bits per heavy atom. The Morgan fingerprint density at radius 1 is 1.59 bits per heavy atom. The summed E-state index contributed by atoms with van der Waals surface area (Å²) in [5.41, 5.74) is 1.08. The van der Waals surface area contributed by atoms with Gasteiger partial charge in [0.05, 0.1) is 5.92 Å². The molecular formula is C12H17IN2O2. The van der Waals surface area contributed by atoms with Gasteiger partial charge in [-0.05, 0) is 40.6 Å². The zero-order chi connectivity index (χ0) is 12.7. The van der Waals surface area contributed by atoms with Gasteiger partial charge in [-0.15, -0.1) is 0 Å². The molecule has 1 aromatic heterocycles. The largest absolute Gasteiger partial charge is 0.481 e. The molecule has 17 heavy (non-hydrogen) atoms. The number of carboxylic acids is 1. The summed E-state index contributed by atoms with van der Waals surface area (Å²) in [6, 6.07) is 3.94. The van der Waals surface area contributed by atoms with E-state index >= 15 is 0 Å². The summed E-state index contributed by atoms with van der Waals surface area (Å²) in [4.78, 5) is 15.1. The Balaban J connectivity index is 2.35. The smallest absolute Gasteiger partial charge is 0.307 e. The fourth-order valence-electron chi connectivity index (χ4n) is 1.56. The zero-order valence-electron chi connectivity index (χ0n) is 9.82. The molecule has 1 unspecified atom stereocenters. The summed E-state index contributed by atoms with van der Waals surface area (Å²) in [7, 11) is 0. The van der Waals surface area contributed by atoms with Crippen molar-refractivity contribution in [2.24, 2.45) is 5.92 Å². The number of aromatic nitrogens is 1. The van der Waals surface area contributed by atoms with Crippen molar-refractivity contribution in [3.63, 3.8) is 0 Å². The fourth-order valence-corrected chi connectivity index (χ4v) is 1.88. The van der Waals surface area contributed by atoms with E-state index in [1.165, 1.54) is 0 Å². The van der Waals surface area contributed by atoms with Crippen molar-refractivity contribution in [1.82, 2.24) is 10.3 Å². The van der Waals surface area contributed by atoms with Crippen LogP contribution in [0.3, 0.4) is 0 Å². The minimum absolute atomic E-state index is 0.295. The SMILES string of the molecule is CCCC(CNCc1ccc(I)nc1)C(=O)O. The van der Waals surface area contributed by atoms with Gasteiger partial charge in [-0.3, -0.25) is 9.78 Å². The number of carboxylic acid groups (broad SMARTS) is 1. The van der Waals surface area contributed by atoms with E-state index in [0.29, 0.717) is 19.5 Å². The Kier molecular flexibility index (Phi) is 6.43. The first-order chi connectivity index (χ1) is 8.13. The highest BCUT2D eigenvalue weighted by atomic mass is 127. The van der Waals surface area contributed by atoms with Gasteiger partial charge in [0, 0.05) is 19.3 Å². The lowest BCUT2D eigenvalue weighted by Crippen LogP contribution is -2.28. The molecule has 0 amide bonds. The summed E-state index contributed by atoms with van der Waals surface area (Å²) in [5.74, 6) is -1.02. The van der Waals surface area contributed by atoms with Gasteiger partial charge in [0.2, 0.25) is 0 Å². The molecule has 1 aromatic rings. The van der Waals surface area contributed by atoms with Crippen LogP contribution in [0.25, 0.3) is 0 Å². The highest BCUT2D eigenvalue weighted by Gasteiger charge is 2.15. The molecule has 5 heteroatoms.